The number of hydrogen-bond acceptors (Lipinski definition) is 4. The van der Waals surface area contributed by atoms with Crippen molar-refractivity contribution in [3.8, 4) is 0 Å². The average molecular weight is 260 g/mol. The van der Waals surface area contributed by atoms with Gasteiger partial charge in [0.1, 0.15) is 10.6 Å². The Bertz CT molecular complexity index is 535. The first-order valence-corrected chi connectivity index (χ1v) is 6.45. The summed E-state index contributed by atoms with van der Waals surface area (Å²) in [4.78, 5) is 12.9. The predicted molar refractivity (Wildman–Crippen MR) is 57.1 cm³/mol. The number of rotatable bonds is 3. The van der Waals surface area contributed by atoms with Crippen LogP contribution in [0.15, 0.2) is 17.2 Å². The second kappa shape index (κ2) is 4.13. The van der Waals surface area contributed by atoms with Crippen molar-refractivity contribution >= 4 is 16.0 Å². The van der Waals surface area contributed by atoms with Crippen LogP contribution in [0.5, 0.6) is 0 Å². The van der Waals surface area contributed by atoms with Gasteiger partial charge in [0.25, 0.3) is 0 Å². The molecule has 1 aromatic heterocycles. The molecule has 94 valence electrons. The van der Waals surface area contributed by atoms with Crippen LogP contribution in [0.25, 0.3) is 0 Å². The Hall–Kier alpha value is -1.38. The van der Waals surface area contributed by atoms with E-state index in [4.69, 9.17) is 5.11 Å². The lowest BCUT2D eigenvalue weighted by Crippen LogP contribution is -2.29. The van der Waals surface area contributed by atoms with Crippen LogP contribution in [-0.2, 0) is 10.0 Å². The van der Waals surface area contributed by atoms with Gasteiger partial charge < -0.3 is 15.2 Å². The Morgan fingerprint density at radius 1 is 1.53 bits per heavy atom. The number of nitrogens with zero attached hydrogens (tertiary/aromatic N) is 1. The molecule has 2 heterocycles. The van der Waals surface area contributed by atoms with Crippen molar-refractivity contribution in [2.24, 2.45) is 0 Å². The Morgan fingerprint density at radius 2 is 2.24 bits per heavy atom. The van der Waals surface area contributed by atoms with E-state index in [0.29, 0.717) is 6.42 Å². The molecule has 0 amide bonds. The van der Waals surface area contributed by atoms with E-state index >= 15 is 0 Å². The lowest BCUT2D eigenvalue weighted by atomic mass is 10.3. The zero-order valence-corrected chi connectivity index (χ0v) is 9.64. The van der Waals surface area contributed by atoms with Crippen LogP contribution in [0, 0.1) is 0 Å². The number of nitrogens with one attached hydrogen (secondary N) is 1. The highest BCUT2D eigenvalue weighted by molar-refractivity contribution is 7.89. The van der Waals surface area contributed by atoms with Crippen LogP contribution in [0.1, 0.15) is 16.9 Å². The summed E-state index contributed by atoms with van der Waals surface area (Å²) in [6.45, 7) is 0.299. The maximum absolute atomic E-state index is 12.0. The Kier molecular flexibility index (Phi) is 2.94. The molecule has 17 heavy (non-hydrogen) atoms. The lowest BCUT2D eigenvalue weighted by Gasteiger charge is -2.13. The summed E-state index contributed by atoms with van der Waals surface area (Å²) < 4.78 is 25.2. The summed E-state index contributed by atoms with van der Waals surface area (Å²) in [6, 6.07) is 1.07. The van der Waals surface area contributed by atoms with Crippen LogP contribution in [0.2, 0.25) is 0 Å². The molecule has 1 aromatic rings. The van der Waals surface area contributed by atoms with Crippen LogP contribution >= 0.6 is 0 Å². The Morgan fingerprint density at radius 3 is 2.71 bits per heavy atom. The summed E-state index contributed by atoms with van der Waals surface area (Å²) in [5, 5.41) is 18.0. The topological polar surface area (TPSA) is 111 Å². The number of aromatic carboxylic acids is 1. The van der Waals surface area contributed by atoms with Gasteiger partial charge in [-0.3, -0.25) is 0 Å². The molecule has 7 nitrogen and oxygen atoms in total. The molecule has 3 N–H and O–H groups in total. The fourth-order valence-electron chi connectivity index (χ4n) is 1.72. The van der Waals surface area contributed by atoms with Gasteiger partial charge in [0.05, 0.1) is 6.10 Å². The van der Waals surface area contributed by atoms with Crippen molar-refractivity contribution in [2.45, 2.75) is 17.4 Å². The minimum Gasteiger partial charge on any atom is -0.477 e. The Labute approximate surface area is 97.7 Å². The van der Waals surface area contributed by atoms with E-state index < -0.39 is 22.1 Å². The monoisotopic (exact) mass is 260 g/mol. The van der Waals surface area contributed by atoms with Crippen molar-refractivity contribution in [1.82, 2.24) is 9.29 Å². The van der Waals surface area contributed by atoms with Gasteiger partial charge in [-0.1, -0.05) is 0 Å². The van der Waals surface area contributed by atoms with Crippen LogP contribution in [0.3, 0.4) is 0 Å². The number of aliphatic hydroxyl groups is 1. The molecule has 0 radical (unpaired) electrons. The number of β-amino-alcohol motifs (C(OH)–C–C–N with tert-alkyl or cyclic N) is 1. The van der Waals surface area contributed by atoms with Crippen LogP contribution < -0.4 is 0 Å². The van der Waals surface area contributed by atoms with Gasteiger partial charge in [0.2, 0.25) is 10.0 Å². The van der Waals surface area contributed by atoms with Crippen molar-refractivity contribution in [3.63, 3.8) is 0 Å². The first-order valence-electron chi connectivity index (χ1n) is 5.01. The molecule has 0 saturated carbocycles. The third kappa shape index (κ3) is 2.19. The van der Waals surface area contributed by atoms with Crippen molar-refractivity contribution in [1.29, 1.82) is 0 Å². The molecule has 0 unspecified atom stereocenters. The van der Waals surface area contributed by atoms with Crippen molar-refractivity contribution in [3.05, 3.63) is 18.0 Å². The molecule has 8 heteroatoms. The predicted octanol–water partition coefficient (Wildman–Crippen LogP) is -0.532. The molecule has 0 aliphatic carbocycles. The fraction of sp³-hybridized carbons (Fsp3) is 0.444. The molecule has 0 spiro atoms. The maximum atomic E-state index is 12.0. The number of carboxylic acid groups (broad SMARTS) is 1. The number of aromatic amines is 1. The van der Waals surface area contributed by atoms with E-state index in [-0.39, 0.29) is 23.7 Å². The van der Waals surface area contributed by atoms with Gasteiger partial charge in [-0.2, -0.15) is 4.31 Å². The second-order valence-electron chi connectivity index (χ2n) is 3.86. The zero-order valence-electron chi connectivity index (χ0n) is 8.83. The molecule has 1 saturated heterocycles. The van der Waals surface area contributed by atoms with Gasteiger partial charge >= 0.3 is 5.97 Å². The smallest absolute Gasteiger partial charge is 0.352 e. The molecule has 1 fully saturated rings. The SMILES string of the molecule is O=C(O)c1cc(S(=O)(=O)N2CC[C@@H](O)C2)c[nH]1. The normalized spacial score (nSPS) is 21.8. The highest BCUT2D eigenvalue weighted by Gasteiger charge is 2.32. The van der Waals surface area contributed by atoms with E-state index in [1.165, 1.54) is 0 Å². The minimum absolute atomic E-state index is 0.0515. The van der Waals surface area contributed by atoms with E-state index in [1.54, 1.807) is 0 Å². The average Bonchev–Trinajstić information content (AvgIpc) is 2.85. The Balaban J connectivity index is 2.28. The molecular weight excluding hydrogens is 248 g/mol. The summed E-state index contributed by atoms with van der Waals surface area (Å²) in [7, 11) is -3.71. The highest BCUT2D eigenvalue weighted by atomic mass is 32.2. The van der Waals surface area contributed by atoms with Gasteiger partial charge in [-0.15, -0.1) is 0 Å². The molecule has 1 aliphatic rings. The molecule has 0 bridgehead atoms. The van der Waals surface area contributed by atoms with Gasteiger partial charge in [0.15, 0.2) is 0 Å². The zero-order chi connectivity index (χ0) is 12.6. The van der Waals surface area contributed by atoms with Crippen LogP contribution in [-0.4, -0.2) is 53.1 Å². The molecule has 2 rings (SSSR count). The maximum Gasteiger partial charge on any atom is 0.352 e. The number of hydrogen-bond donors (Lipinski definition) is 3. The van der Waals surface area contributed by atoms with Crippen LogP contribution in [0.4, 0.5) is 0 Å². The van der Waals surface area contributed by atoms with E-state index in [1.807, 2.05) is 0 Å². The summed E-state index contributed by atoms with van der Waals surface area (Å²) >= 11 is 0. The number of aromatic nitrogens is 1. The first kappa shape index (κ1) is 12.1. The standard InChI is InChI=1S/C9H12N2O5S/c12-6-1-2-11(5-6)17(15,16)7-3-8(9(13)14)10-4-7/h3-4,6,10,12H,1-2,5H2,(H,13,14)/t6-/m1/s1. The van der Waals surface area contributed by atoms with Gasteiger partial charge in [-0.05, 0) is 12.5 Å². The second-order valence-corrected chi connectivity index (χ2v) is 5.80. The number of aliphatic hydroxyl groups excluding tert-OH is 1. The number of sulfonamides is 1. The number of carboxylic acids is 1. The van der Waals surface area contributed by atoms with E-state index in [9.17, 15) is 18.3 Å². The summed E-state index contributed by atoms with van der Waals surface area (Å²) in [6.07, 6.45) is 0.890. The van der Waals surface area contributed by atoms with E-state index in [0.717, 1.165) is 16.6 Å². The van der Waals surface area contributed by atoms with Crippen molar-refractivity contribution < 1.29 is 23.4 Å². The van der Waals surface area contributed by atoms with E-state index in [2.05, 4.69) is 4.98 Å². The lowest BCUT2D eigenvalue weighted by molar-refractivity contribution is 0.0691. The number of carbonyl (C=O) groups is 1. The fourth-order valence-corrected chi connectivity index (χ4v) is 3.21. The molecular formula is C9H12N2O5S. The molecule has 0 aromatic carbocycles. The summed E-state index contributed by atoms with van der Waals surface area (Å²) in [5.74, 6) is -1.21. The third-order valence-electron chi connectivity index (χ3n) is 2.65. The summed E-state index contributed by atoms with van der Waals surface area (Å²) in [5.41, 5.74) is -0.177. The highest BCUT2D eigenvalue weighted by Crippen LogP contribution is 2.21. The third-order valence-corrected chi connectivity index (χ3v) is 4.49. The molecule has 1 atom stereocenters. The van der Waals surface area contributed by atoms with Gasteiger partial charge in [0, 0.05) is 19.3 Å². The first-order chi connectivity index (χ1) is 7.91. The van der Waals surface area contributed by atoms with Gasteiger partial charge in [-0.25, -0.2) is 13.2 Å². The largest absolute Gasteiger partial charge is 0.477 e. The quantitative estimate of drug-likeness (QED) is 0.676. The molecule has 1 aliphatic heterocycles. The number of H-pyrrole nitrogens is 1. The minimum atomic E-state index is -3.71. The van der Waals surface area contributed by atoms with Crippen molar-refractivity contribution in [2.75, 3.05) is 13.1 Å².